The second kappa shape index (κ2) is 12.8. The Morgan fingerprint density at radius 3 is 2.52 bits per heavy atom. The van der Waals surface area contributed by atoms with Crippen LogP contribution in [0.25, 0.3) is 11.1 Å². The standard InChI is InChI=1S/C30H25ClN2O6.Na/c1-17-22(9-10-29(33-17)37-2)19-3-6-20(32-16-19)13-26(34)18-4-7-21(8-5-18)39-28-15-27-24(14-25(28)31)23(30(35)36)11-12-38-27;/h3-10,14-16,23H,11-13H2,1-2H3,(H,35,36);/q;+1/p-1. The number of carboxylic acid groups (broad SMARTS) is 1. The van der Waals surface area contributed by atoms with Crippen LogP contribution in [0.2, 0.25) is 5.02 Å². The Kier molecular flexibility index (Phi) is 9.48. The smallest absolute Gasteiger partial charge is 0.549 e. The number of pyridine rings is 2. The van der Waals surface area contributed by atoms with Crippen LogP contribution in [0.3, 0.4) is 0 Å². The van der Waals surface area contributed by atoms with E-state index in [2.05, 4.69) is 9.97 Å². The monoisotopic (exact) mass is 566 g/mol. The predicted octanol–water partition coefficient (Wildman–Crippen LogP) is 1.95. The van der Waals surface area contributed by atoms with Crippen LogP contribution in [0.15, 0.2) is 66.9 Å². The number of methoxy groups -OCH3 is 1. The number of aryl methyl sites for hydroxylation is 1. The number of aliphatic carboxylic acids is 1. The first kappa shape index (κ1) is 29.6. The minimum absolute atomic E-state index is 0. The molecule has 3 heterocycles. The van der Waals surface area contributed by atoms with Gasteiger partial charge in [0.2, 0.25) is 5.88 Å². The van der Waals surface area contributed by atoms with Gasteiger partial charge < -0.3 is 24.1 Å². The average Bonchev–Trinajstić information content (AvgIpc) is 2.94. The number of Topliss-reactive ketones (excluding diaryl/α,β-unsaturated/α-hetero) is 1. The molecule has 0 fully saturated rings. The third-order valence-electron chi connectivity index (χ3n) is 6.54. The third-order valence-corrected chi connectivity index (χ3v) is 6.83. The number of carbonyl (C=O) groups excluding carboxylic acids is 2. The fourth-order valence-electron chi connectivity index (χ4n) is 4.46. The van der Waals surface area contributed by atoms with Gasteiger partial charge in [0.05, 0.1) is 25.2 Å². The molecule has 10 heteroatoms. The van der Waals surface area contributed by atoms with Crippen molar-refractivity contribution in [3.8, 4) is 34.3 Å². The summed E-state index contributed by atoms with van der Waals surface area (Å²) in [6, 6.07) is 17.3. The van der Waals surface area contributed by atoms with E-state index in [-0.39, 0.29) is 53.4 Å². The second-order valence-electron chi connectivity index (χ2n) is 9.08. The van der Waals surface area contributed by atoms with E-state index in [4.69, 9.17) is 25.8 Å². The number of carboxylic acids is 1. The molecule has 8 nitrogen and oxygen atoms in total. The van der Waals surface area contributed by atoms with Crippen LogP contribution in [-0.2, 0) is 11.2 Å². The molecule has 1 aliphatic rings. The molecule has 2 aromatic heterocycles. The average molecular weight is 567 g/mol. The third kappa shape index (κ3) is 6.47. The van der Waals surface area contributed by atoms with E-state index in [0.29, 0.717) is 46.4 Å². The van der Waals surface area contributed by atoms with Crippen LogP contribution in [0, 0.1) is 6.92 Å². The van der Waals surface area contributed by atoms with Gasteiger partial charge in [-0.05, 0) is 55.8 Å². The molecule has 2 aromatic carbocycles. The summed E-state index contributed by atoms with van der Waals surface area (Å²) >= 11 is 6.36. The van der Waals surface area contributed by atoms with Crippen molar-refractivity contribution < 1.29 is 58.5 Å². The molecule has 198 valence electrons. The van der Waals surface area contributed by atoms with Crippen LogP contribution in [0.1, 0.15) is 39.6 Å². The predicted molar refractivity (Wildman–Crippen MR) is 143 cm³/mol. The molecule has 1 atom stereocenters. The summed E-state index contributed by atoms with van der Waals surface area (Å²) in [6.45, 7) is 2.17. The molecule has 0 saturated carbocycles. The number of hydrogen-bond acceptors (Lipinski definition) is 8. The summed E-state index contributed by atoms with van der Waals surface area (Å²) in [5.41, 5.74) is 4.31. The minimum Gasteiger partial charge on any atom is -0.549 e. The van der Waals surface area contributed by atoms with Crippen LogP contribution >= 0.6 is 11.6 Å². The molecule has 0 spiro atoms. The first-order chi connectivity index (χ1) is 18.8. The summed E-state index contributed by atoms with van der Waals surface area (Å²) in [7, 11) is 1.58. The van der Waals surface area contributed by atoms with Crippen molar-refractivity contribution in [3.63, 3.8) is 0 Å². The zero-order chi connectivity index (χ0) is 27.5. The Bertz CT molecular complexity index is 1540. The van der Waals surface area contributed by atoms with Gasteiger partial charge in [0.1, 0.15) is 17.2 Å². The fraction of sp³-hybridized carbons (Fsp3) is 0.200. The number of benzene rings is 2. The van der Waals surface area contributed by atoms with Crippen molar-refractivity contribution in [2.75, 3.05) is 13.7 Å². The minimum atomic E-state index is -1.17. The first-order valence-electron chi connectivity index (χ1n) is 12.3. The van der Waals surface area contributed by atoms with Gasteiger partial charge in [-0.15, -0.1) is 0 Å². The Hall–Kier alpha value is -3.43. The van der Waals surface area contributed by atoms with Gasteiger partial charge >= 0.3 is 29.6 Å². The van der Waals surface area contributed by atoms with Crippen molar-refractivity contribution in [2.45, 2.75) is 25.7 Å². The van der Waals surface area contributed by atoms with E-state index in [0.717, 1.165) is 16.8 Å². The summed E-state index contributed by atoms with van der Waals surface area (Å²) in [4.78, 5) is 33.2. The molecule has 0 N–H and O–H groups in total. The van der Waals surface area contributed by atoms with Crippen LogP contribution < -0.4 is 48.9 Å². The number of ketones is 1. The number of nitrogens with zero attached hydrogens (tertiary/aromatic N) is 2. The molecule has 1 unspecified atom stereocenters. The summed E-state index contributed by atoms with van der Waals surface area (Å²) < 4.78 is 16.7. The number of rotatable bonds is 8. The van der Waals surface area contributed by atoms with Gasteiger partial charge in [0, 0.05) is 63.9 Å². The van der Waals surface area contributed by atoms with Gasteiger partial charge in [-0.1, -0.05) is 17.7 Å². The van der Waals surface area contributed by atoms with Crippen molar-refractivity contribution in [1.82, 2.24) is 9.97 Å². The van der Waals surface area contributed by atoms with E-state index in [9.17, 15) is 14.7 Å². The zero-order valence-corrected chi connectivity index (χ0v) is 25.0. The van der Waals surface area contributed by atoms with E-state index >= 15 is 0 Å². The number of halogens is 1. The molecule has 0 bridgehead atoms. The Labute approximate surface area is 258 Å². The number of fused-ring (bicyclic) bond motifs is 1. The Balaban J connectivity index is 0.00000370. The molecule has 4 aromatic rings. The molecular formula is C30H24ClN2NaO6. The number of carbonyl (C=O) groups is 2. The molecule has 40 heavy (non-hydrogen) atoms. The molecule has 0 radical (unpaired) electrons. The molecular weight excluding hydrogens is 543 g/mol. The fourth-order valence-corrected chi connectivity index (χ4v) is 4.67. The number of ether oxygens (including phenoxy) is 3. The van der Waals surface area contributed by atoms with Crippen molar-refractivity contribution in [3.05, 3.63) is 94.4 Å². The van der Waals surface area contributed by atoms with E-state index < -0.39 is 11.9 Å². The van der Waals surface area contributed by atoms with Gasteiger partial charge in [-0.3, -0.25) is 9.78 Å². The number of hydrogen-bond donors (Lipinski definition) is 0. The zero-order valence-electron chi connectivity index (χ0n) is 22.3. The van der Waals surface area contributed by atoms with Crippen molar-refractivity contribution in [1.29, 1.82) is 0 Å². The quantitative estimate of drug-likeness (QED) is 0.235. The molecule has 0 amide bonds. The summed E-state index contributed by atoms with van der Waals surface area (Å²) in [6.07, 6.45) is 2.20. The van der Waals surface area contributed by atoms with E-state index in [1.54, 1.807) is 49.7 Å². The van der Waals surface area contributed by atoms with Crippen LogP contribution in [0.5, 0.6) is 23.1 Å². The SMILES string of the molecule is COc1ccc(-c2ccc(CC(=O)c3ccc(Oc4cc5c(cc4Cl)C(C(=O)[O-])CCO5)cc3)nc2)c(C)n1.[Na+]. The number of aromatic nitrogens is 2. The maximum absolute atomic E-state index is 12.9. The molecule has 5 rings (SSSR count). The molecule has 0 aliphatic carbocycles. The summed E-state index contributed by atoms with van der Waals surface area (Å²) in [5, 5.41) is 11.7. The second-order valence-corrected chi connectivity index (χ2v) is 9.49. The van der Waals surface area contributed by atoms with E-state index in [1.807, 2.05) is 25.1 Å². The molecule has 1 aliphatic heterocycles. The molecule has 0 saturated heterocycles. The van der Waals surface area contributed by atoms with E-state index in [1.165, 1.54) is 6.07 Å². The van der Waals surface area contributed by atoms with Crippen molar-refractivity contribution >= 4 is 23.4 Å². The summed E-state index contributed by atoms with van der Waals surface area (Å²) in [5.74, 6) is -0.294. The Morgan fingerprint density at radius 2 is 1.88 bits per heavy atom. The first-order valence-corrected chi connectivity index (χ1v) is 12.7. The van der Waals surface area contributed by atoms with Crippen molar-refractivity contribution in [2.24, 2.45) is 0 Å². The maximum atomic E-state index is 12.9. The van der Waals surface area contributed by atoms with Crippen LogP contribution in [0.4, 0.5) is 0 Å². The van der Waals surface area contributed by atoms with Gasteiger partial charge in [0.25, 0.3) is 0 Å². The maximum Gasteiger partial charge on any atom is 1.00 e. The largest absolute Gasteiger partial charge is 1.00 e. The van der Waals surface area contributed by atoms with Gasteiger partial charge in [-0.25, -0.2) is 4.98 Å². The Morgan fingerprint density at radius 1 is 1.10 bits per heavy atom. The topological polar surface area (TPSA) is 111 Å². The van der Waals surface area contributed by atoms with Gasteiger partial charge in [0.15, 0.2) is 5.78 Å². The van der Waals surface area contributed by atoms with Crippen LogP contribution in [-0.4, -0.2) is 35.4 Å². The normalized spacial score (nSPS) is 13.8. The van der Waals surface area contributed by atoms with Gasteiger partial charge in [-0.2, -0.15) is 0 Å².